The van der Waals surface area contributed by atoms with Crippen molar-refractivity contribution in [3.63, 3.8) is 0 Å². The van der Waals surface area contributed by atoms with Crippen molar-refractivity contribution in [3.8, 4) is 11.5 Å². The molecule has 1 aliphatic rings. The van der Waals surface area contributed by atoms with E-state index >= 15 is 0 Å². The summed E-state index contributed by atoms with van der Waals surface area (Å²) in [7, 11) is 3.43. The zero-order chi connectivity index (χ0) is 19.8. The molecule has 0 aliphatic carbocycles. The quantitative estimate of drug-likeness (QED) is 0.527. The summed E-state index contributed by atoms with van der Waals surface area (Å²) in [5.74, 6) is 3.00. The molecular formula is C20H26N4O4. The number of rotatable bonds is 8. The lowest BCUT2D eigenvalue weighted by Crippen LogP contribution is -2.40. The first kappa shape index (κ1) is 19.6. The zero-order valence-corrected chi connectivity index (χ0v) is 16.2. The van der Waals surface area contributed by atoms with Gasteiger partial charge >= 0.3 is 0 Å². The number of benzene rings is 1. The number of likely N-dealkylation sites (N-methyl/N-ethyl adjacent to an activating group) is 1. The lowest BCUT2D eigenvalue weighted by molar-refractivity contribution is -0.127. The van der Waals surface area contributed by atoms with Crippen molar-refractivity contribution in [2.75, 3.05) is 40.5 Å². The van der Waals surface area contributed by atoms with E-state index in [2.05, 4.69) is 15.6 Å². The van der Waals surface area contributed by atoms with Gasteiger partial charge in [0.2, 0.25) is 12.7 Å². The molecule has 0 unspecified atom stereocenters. The van der Waals surface area contributed by atoms with E-state index in [0.717, 1.165) is 35.7 Å². The van der Waals surface area contributed by atoms with Crippen molar-refractivity contribution in [2.24, 2.45) is 4.99 Å². The van der Waals surface area contributed by atoms with Crippen LogP contribution in [0.2, 0.25) is 0 Å². The molecule has 0 bridgehead atoms. The van der Waals surface area contributed by atoms with Gasteiger partial charge in [-0.15, -0.1) is 0 Å². The molecule has 1 amide bonds. The van der Waals surface area contributed by atoms with Gasteiger partial charge in [0, 0.05) is 33.6 Å². The van der Waals surface area contributed by atoms with Crippen molar-refractivity contribution < 1.29 is 18.7 Å². The minimum atomic E-state index is -0.0529. The lowest BCUT2D eigenvalue weighted by atomic mass is 10.1. The smallest absolute Gasteiger partial charge is 0.243 e. The first-order valence-electron chi connectivity index (χ1n) is 9.25. The molecule has 8 nitrogen and oxygen atoms in total. The summed E-state index contributed by atoms with van der Waals surface area (Å²) >= 11 is 0. The van der Waals surface area contributed by atoms with Gasteiger partial charge in [0.1, 0.15) is 12.3 Å². The van der Waals surface area contributed by atoms with Gasteiger partial charge in [0.05, 0.1) is 6.26 Å². The summed E-state index contributed by atoms with van der Waals surface area (Å²) in [6.07, 6.45) is 3.18. The van der Waals surface area contributed by atoms with Crippen molar-refractivity contribution in [2.45, 2.75) is 12.8 Å². The largest absolute Gasteiger partial charge is 0.469 e. The van der Waals surface area contributed by atoms with Crippen LogP contribution in [0.15, 0.2) is 46.0 Å². The molecule has 0 saturated heterocycles. The van der Waals surface area contributed by atoms with E-state index in [9.17, 15) is 4.79 Å². The number of carbonyl (C=O) groups is 1. The highest BCUT2D eigenvalue weighted by Gasteiger charge is 2.13. The van der Waals surface area contributed by atoms with Crippen molar-refractivity contribution in [1.29, 1.82) is 0 Å². The second kappa shape index (κ2) is 9.68. The van der Waals surface area contributed by atoms with E-state index in [1.807, 2.05) is 30.3 Å². The maximum atomic E-state index is 11.8. The number of fused-ring (bicyclic) bond motifs is 1. The molecule has 0 radical (unpaired) electrons. The van der Waals surface area contributed by atoms with Gasteiger partial charge in [-0.3, -0.25) is 4.79 Å². The molecule has 8 heteroatoms. The Morgan fingerprint density at radius 3 is 2.64 bits per heavy atom. The Labute approximate surface area is 164 Å². The van der Waals surface area contributed by atoms with Crippen LogP contribution >= 0.6 is 0 Å². The summed E-state index contributed by atoms with van der Waals surface area (Å²) in [5.41, 5.74) is 1.14. The average Bonchev–Trinajstić information content (AvgIpc) is 3.36. The summed E-state index contributed by atoms with van der Waals surface area (Å²) in [6, 6.07) is 9.72. The maximum absolute atomic E-state index is 11.8. The standard InChI is InChI=1S/C20H26N4O4/c1-24(2)19(25)13-23-20(22-10-8-16-4-3-11-26-16)21-9-7-15-5-6-17-18(12-15)28-14-27-17/h3-6,11-12H,7-10,13-14H2,1-2H3,(H2,21,22,23). The molecule has 0 spiro atoms. The van der Waals surface area contributed by atoms with Crippen LogP contribution in [-0.2, 0) is 17.6 Å². The highest BCUT2D eigenvalue weighted by molar-refractivity contribution is 5.84. The number of amides is 1. The third-order valence-corrected chi connectivity index (χ3v) is 4.26. The van der Waals surface area contributed by atoms with Crippen LogP contribution in [0.4, 0.5) is 0 Å². The number of nitrogens with zero attached hydrogens (tertiary/aromatic N) is 2. The first-order valence-corrected chi connectivity index (χ1v) is 9.25. The third kappa shape index (κ3) is 5.67. The molecule has 0 fully saturated rings. The molecule has 2 aromatic rings. The zero-order valence-electron chi connectivity index (χ0n) is 16.2. The normalized spacial score (nSPS) is 12.7. The summed E-state index contributed by atoms with van der Waals surface area (Å²) < 4.78 is 16.1. The SMILES string of the molecule is CN(C)C(=O)CN=C(NCCc1ccc2c(c1)OCO2)NCCc1ccco1. The number of carbonyl (C=O) groups excluding carboxylic acids is 1. The maximum Gasteiger partial charge on any atom is 0.243 e. The topological polar surface area (TPSA) is 88.3 Å². The van der Waals surface area contributed by atoms with E-state index < -0.39 is 0 Å². The Bertz CT molecular complexity index is 803. The minimum absolute atomic E-state index is 0.0529. The Kier molecular flexibility index (Phi) is 6.78. The number of hydrogen-bond donors (Lipinski definition) is 2. The predicted octanol–water partition coefficient (Wildman–Crippen LogP) is 1.42. The minimum Gasteiger partial charge on any atom is -0.469 e. The lowest BCUT2D eigenvalue weighted by Gasteiger charge is -2.13. The summed E-state index contributed by atoms with van der Waals surface area (Å²) in [5, 5.41) is 6.52. The van der Waals surface area contributed by atoms with Gasteiger partial charge in [-0.2, -0.15) is 0 Å². The van der Waals surface area contributed by atoms with Crippen LogP contribution in [0.5, 0.6) is 11.5 Å². The van der Waals surface area contributed by atoms with Crippen molar-refractivity contribution in [3.05, 3.63) is 47.9 Å². The molecule has 150 valence electrons. The van der Waals surface area contributed by atoms with Crippen LogP contribution in [-0.4, -0.2) is 57.3 Å². The fourth-order valence-corrected chi connectivity index (χ4v) is 2.64. The number of nitrogens with one attached hydrogen (secondary N) is 2. The molecule has 1 aromatic heterocycles. The number of ether oxygens (including phenoxy) is 2. The van der Waals surface area contributed by atoms with Gasteiger partial charge in [0.25, 0.3) is 0 Å². The van der Waals surface area contributed by atoms with Crippen molar-refractivity contribution >= 4 is 11.9 Å². The van der Waals surface area contributed by atoms with E-state index in [1.165, 1.54) is 4.90 Å². The first-order chi connectivity index (χ1) is 13.6. The second-order valence-electron chi connectivity index (χ2n) is 6.57. The fraction of sp³-hybridized carbons (Fsp3) is 0.400. The number of guanidine groups is 1. The third-order valence-electron chi connectivity index (χ3n) is 4.26. The van der Waals surface area contributed by atoms with Crippen LogP contribution < -0.4 is 20.1 Å². The van der Waals surface area contributed by atoms with E-state index in [1.54, 1.807) is 20.4 Å². The van der Waals surface area contributed by atoms with Gasteiger partial charge in [-0.05, 0) is 36.2 Å². The van der Waals surface area contributed by atoms with Crippen LogP contribution in [0.1, 0.15) is 11.3 Å². The average molecular weight is 386 g/mol. The van der Waals surface area contributed by atoms with Crippen LogP contribution in [0.3, 0.4) is 0 Å². The van der Waals surface area contributed by atoms with Gasteiger partial charge in [-0.25, -0.2) is 4.99 Å². The van der Waals surface area contributed by atoms with E-state index in [-0.39, 0.29) is 19.2 Å². The highest BCUT2D eigenvalue weighted by atomic mass is 16.7. The number of furan rings is 1. The van der Waals surface area contributed by atoms with Gasteiger partial charge in [0.15, 0.2) is 17.5 Å². The Balaban J connectivity index is 1.51. The number of hydrogen-bond acceptors (Lipinski definition) is 5. The number of aliphatic imine (C=N–C) groups is 1. The highest BCUT2D eigenvalue weighted by Crippen LogP contribution is 2.32. The molecule has 0 saturated carbocycles. The second-order valence-corrected chi connectivity index (χ2v) is 6.57. The Morgan fingerprint density at radius 2 is 1.89 bits per heavy atom. The predicted molar refractivity (Wildman–Crippen MR) is 106 cm³/mol. The molecule has 1 aliphatic heterocycles. The van der Waals surface area contributed by atoms with E-state index in [4.69, 9.17) is 13.9 Å². The molecule has 28 heavy (non-hydrogen) atoms. The van der Waals surface area contributed by atoms with E-state index in [0.29, 0.717) is 19.0 Å². The van der Waals surface area contributed by atoms with Crippen molar-refractivity contribution in [1.82, 2.24) is 15.5 Å². The molecule has 0 atom stereocenters. The van der Waals surface area contributed by atoms with Gasteiger partial charge < -0.3 is 29.4 Å². The Hall–Kier alpha value is -3.16. The summed E-state index contributed by atoms with van der Waals surface area (Å²) in [6.45, 7) is 1.68. The molecule has 1 aromatic carbocycles. The summed E-state index contributed by atoms with van der Waals surface area (Å²) in [4.78, 5) is 17.7. The molecular weight excluding hydrogens is 360 g/mol. The van der Waals surface area contributed by atoms with Gasteiger partial charge in [-0.1, -0.05) is 6.07 Å². The Morgan fingerprint density at radius 1 is 1.11 bits per heavy atom. The monoisotopic (exact) mass is 386 g/mol. The van der Waals surface area contributed by atoms with Crippen LogP contribution in [0.25, 0.3) is 0 Å². The molecule has 2 N–H and O–H groups in total. The fourth-order valence-electron chi connectivity index (χ4n) is 2.64. The van der Waals surface area contributed by atoms with Crippen LogP contribution in [0, 0.1) is 0 Å². The molecule has 3 rings (SSSR count). The molecule has 2 heterocycles.